The number of amides is 3. The highest BCUT2D eigenvalue weighted by molar-refractivity contribution is 6.07. The van der Waals surface area contributed by atoms with E-state index in [2.05, 4.69) is 62.8 Å². The van der Waals surface area contributed by atoms with Crippen molar-refractivity contribution in [2.24, 2.45) is 0 Å². The van der Waals surface area contributed by atoms with Crippen LogP contribution in [0.5, 0.6) is 0 Å². The first-order valence-electron chi connectivity index (χ1n) is 8.49. The van der Waals surface area contributed by atoms with Gasteiger partial charge in [0.1, 0.15) is 5.54 Å². The second-order valence-corrected chi connectivity index (χ2v) is 9.88. The molecule has 2 spiro atoms. The lowest BCUT2D eigenvalue weighted by atomic mass is 9.61. The van der Waals surface area contributed by atoms with Crippen LogP contribution in [0.15, 0.2) is 0 Å². The fraction of sp³-hybridized carbons (Fsp3) is 0.882. The number of urea groups is 1. The first kappa shape index (κ1) is 16.7. The van der Waals surface area contributed by atoms with Gasteiger partial charge < -0.3 is 16.0 Å². The molecule has 6 heteroatoms. The Hall–Kier alpha value is -1.14. The number of rotatable bonds is 0. The molecule has 0 radical (unpaired) electrons. The molecular formula is C17H30N4O2. The molecule has 6 nitrogen and oxygen atoms in total. The van der Waals surface area contributed by atoms with Gasteiger partial charge in [0.05, 0.1) is 0 Å². The summed E-state index contributed by atoms with van der Waals surface area (Å²) in [4.78, 5) is 24.3. The van der Waals surface area contributed by atoms with Crippen molar-refractivity contribution in [2.45, 2.75) is 94.9 Å². The van der Waals surface area contributed by atoms with Crippen LogP contribution in [0.2, 0.25) is 0 Å². The minimum Gasteiger partial charge on any atom is -0.323 e. The molecule has 4 N–H and O–H groups in total. The molecule has 3 aliphatic rings. The summed E-state index contributed by atoms with van der Waals surface area (Å²) in [5.41, 5.74) is -1.29. The third-order valence-corrected chi connectivity index (χ3v) is 5.24. The predicted molar refractivity (Wildman–Crippen MR) is 89.1 cm³/mol. The number of nitrogens with one attached hydrogen (secondary N) is 4. The average molecular weight is 322 g/mol. The van der Waals surface area contributed by atoms with Gasteiger partial charge in [-0.05, 0) is 67.2 Å². The molecule has 3 saturated heterocycles. The van der Waals surface area contributed by atoms with Crippen molar-refractivity contribution >= 4 is 11.9 Å². The van der Waals surface area contributed by atoms with Crippen LogP contribution in [0.1, 0.15) is 67.2 Å². The summed E-state index contributed by atoms with van der Waals surface area (Å²) >= 11 is 0. The van der Waals surface area contributed by atoms with Crippen molar-refractivity contribution in [1.29, 1.82) is 0 Å². The number of carbonyl (C=O) groups excluding carboxylic acids is 2. The molecule has 3 heterocycles. The molecule has 0 bridgehead atoms. The minimum atomic E-state index is -0.796. The van der Waals surface area contributed by atoms with Gasteiger partial charge in [0, 0.05) is 22.2 Å². The summed E-state index contributed by atoms with van der Waals surface area (Å²) in [5, 5.41) is 12.9. The lowest BCUT2D eigenvalue weighted by molar-refractivity contribution is -0.129. The third kappa shape index (κ3) is 2.98. The van der Waals surface area contributed by atoms with Crippen molar-refractivity contribution in [3.8, 4) is 0 Å². The van der Waals surface area contributed by atoms with Gasteiger partial charge in [-0.1, -0.05) is 0 Å². The van der Waals surface area contributed by atoms with Gasteiger partial charge in [-0.3, -0.25) is 10.1 Å². The van der Waals surface area contributed by atoms with E-state index in [0.717, 1.165) is 12.8 Å². The Kier molecular flexibility index (Phi) is 3.25. The highest BCUT2D eigenvalue weighted by Gasteiger charge is 2.61. The maximum Gasteiger partial charge on any atom is 0.322 e. The Morgan fingerprint density at radius 2 is 1.26 bits per heavy atom. The molecule has 3 fully saturated rings. The van der Waals surface area contributed by atoms with Gasteiger partial charge in [-0.2, -0.15) is 0 Å². The van der Waals surface area contributed by atoms with E-state index in [1.165, 1.54) is 0 Å². The lowest BCUT2D eigenvalue weighted by Crippen LogP contribution is -2.76. The summed E-state index contributed by atoms with van der Waals surface area (Å²) in [6.07, 6.45) is 3.07. The number of hydrogen-bond donors (Lipinski definition) is 4. The smallest absolute Gasteiger partial charge is 0.322 e. The van der Waals surface area contributed by atoms with Crippen molar-refractivity contribution in [3.05, 3.63) is 0 Å². The number of carbonyl (C=O) groups is 2. The van der Waals surface area contributed by atoms with Gasteiger partial charge in [0.15, 0.2) is 0 Å². The van der Waals surface area contributed by atoms with Crippen LogP contribution in [0.4, 0.5) is 4.79 Å². The molecule has 0 aromatic carbocycles. The Labute approximate surface area is 138 Å². The van der Waals surface area contributed by atoms with E-state index in [1.54, 1.807) is 0 Å². The monoisotopic (exact) mass is 322 g/mol. The van der Waals surface area contributed by atoms with Gasteiger partial charge in [0.2, 0.25) is 0 Å². The number of hydrogen-bond acceptors (Lipinski definition) is 4. The van der Waals surface area contributed by atoms with E-state index < -0.39 is 5.54 Å². The van der Waals surface area contributed by atoms with Crippen LogP contribution < -0.4 is 21.3 Å². The molecule has 130 valence electrons. The first-order chi connectivity index (χ1) is 10.3. The normalized spacial score (nSPS) is 36.8. The zero-order valence-corrected chi connectivity index (χ0v) is 15.1. The summed E-state index contributed by atoms with van der Waals surface area (Å²) < 4.78 is 0. The summed E-state index contributed by atoms with van der Waals surface area (Å²) in [5.74, 6) is -0.175. The van der Waals surface area contributed by atoms with E-state index in [1.807, 2.05) is 0 Å². The number of imide groups is 1. The SMILES string of the molecule is CC1(C)CC2(CC(C)(C)N1)CC1(CC(C)(C)N2)NC(=O)NC1=O. The molecule has 23 heavy (non-hydrogen) atoms. The summed E-state index contributed by atoms with van der Waals surface area (Å²) in [7, 11) is 0. The molecule has 3 rings (SSSR count). The topological polar surface area (TPSA) is 82.3 Å². The minimum absolute atomic E-state index is 0.0392. The molecule has 3 aliphatic heterocycles. The highest BCUT2D eigenvalue weighted by Crippen LogP contribution is 2.47. The zero-order valence-electron chi connectivity index (χ0n) is 15.1. The molecule has 1 unspecified atom stereocenters. The van der Waals surface area contributed by atoms with Gasteiger partial charge >= 0.3 is 6.03 Å². The van der Waals surface area contributed by atoms with Crippen LogP contribution in [-0.4, -0.2) is 39.6 Å². The van der Waals surface area contributed by atoms with Crippen LogP contribution in [0.25, 0.3) is 0 Å². The standard InChI is InChI=1S/C17H30N4O2/c1-13(2)7-16(8-14(3,4)20-13)10-17(9-15(5,6)21-16)11(22)18-12(23)19-17/h20-21H,7-10H2,1-6H3,(H2,18,19,22,23). The van der Waals surface area contributed by atoms with Crippen LogP contribution in [-0.2, 0) is 4.79 Å². The zero-order chi connectivity index (χ0) is 17.3. The Bertz CT molecular complexity index is 545. The van der Waals surface area contributed by atoms with E-state index >= 15 is 0 Å². The Morgan fingerprint density at radius 1 is 0.739 bits per heavy atom. The molecule has 0 aromatic heterocycles. The summed E-state index contributed by atoms with van der Waals surface area (Å²) in [6, 6.07) is -0.365. The third-order valence-electron chi connectivity index (χ3n) is 5.24. The first-order valence-corrected chi connectivity index (χ1v) is 8.49. The van der Waals surface area contributed by atoms with Gasteiger partial charge in [-0.15, -0.1) is 0 Å². The van der Waals surface area contributed by atoms with Gasteiger partial charge in [-0.25, -0.2) is 4.79 Å². The molecule has 0 aliphatic carbocycles. The molecule has 0 aromatic rings. The number of piperidine rings is 2. The van der Waals surface area contributed by atoms with Crippen LogP contribution in [0.3, 0.4) is 0 Å². The average Bonchev–Trinajstić information content (AvgIpc) is 2.42. The molecular weight excluding hydrogens is 292 g/mol. The highest BCUT2D eigenvalue weighted by atomic mass is 16.2. The Balaban J connectivity index is 2.02. The van der Waals surface area contributed by atoms with E-state index in [9.17, 15) is 9.59 Å². The largest absolute Gasteiger partial charge is 0.323 e. The fourth-order valence-electron chi connectivity index (χ4n) is 5.95. The molecule has 3 amide bonds. The molecule has 0 saturated carbocycles. The molecule has 1 atom stereocenters. The second-order valence-electron chi connectivity index (χ2n) is 9.88. The van der Waals surface area contributed by atoms with E-state index in [-0.39, 0.29) is 34.1 Å². The van der Waals surface area contributed by atoms with E-state index in [4.69, 9.17) is 0 Å². The van der Waals surface area contributed by atoms with Crippen LogP contribution >= 0.6 is 0 Å². The van der Waals surface area contributed by atoms with Gasteiger partial charge in [0.25, 0.3) is 5.91 Å². The summed E-state index contributed by atoms with van der Waals surface area (Å²) in [6.45, 7) is 13.1. The van der Waals surface area contributed by atoms with Crippen molar-refractivity contribution in [3.63, 3.8) is 0 Å². The fourth-order valence-corrected chi connectivity index (χ4v) is 5.95. The van der Waals surface area contributed by atoms with Crippen molar-refractivity contribution in [1.82, 2.24) is 21.3 Å². The lowest BCUT2D eigenvalue weighted by Gasteiger charge is -2.60. The second kappa shape index (κ2) is 4.48. The quantitative estimate of drug-likeness (QED) is 0.508. The maximum absolute atomic E-state index is 12.6. The van der Waals surface area contributed by atoms with Crippen LogP contribution in [0, 0.1) is 0 Å². The maximum atomic E-state index is 12.6. The van der Waals surface area contributed by atoms with Crippen molar-refractivity contribution < 1.29 is 9.59 Å². The Morgan fingerprint density at radius 3 is 1.74 bits per heavy atom. The van der Waals surface area contributed by atoms with E-state index in [0.29, 0.717) is 12.8 Å². The predicted octanol–water partition coefficient (Wildman–Crippen LogP) is 1.41. The van der Waals surface area contributed by atoms with Crippen molar-refractivity contribution in [2.75, 3.05) is 0 Å².